The second kappa shape index (κ2) is 16.2. The molecule has 2 aliphatic rings. The lowest BCUT2D eigenvalue weighted by Gasteiger charge is -2.28. The van der Waals surface area contributed by atoms with Crippen molar-refractivity contribution in [1.82, 2.24) is 5.32 Å². The molecule has 0 bridgehead atoms. The molecule has 1 aliphatic carbocycles. The minimum Gasteiger partial charge on any atom is -0.490 e. The van der Waals surface area contributed by atoms with E-state index in [0.29, 0.717) is 5.90 Å². The second-order valence-corrected chi connectivity index (χ2v) is 14.9. The number of carbonyl (C=O) groups excluding carboxylic acids is 2. The Morgan fingerprint density at radius 3 is 2.30 bits per heavy atom. The van der Waals surface area contributed by atoms with Crippen LogP contribution in [-0.4, -0.2) is 59.3 Å². The van der Waals surface area contributed by atoms with E-state index in [1.165, 1.54) is 11.0 Å². The SMILES string of the molecule is C=C(OC(=NC)C(C)(C)C)c1cc2c(cc1F)S(=O)C[C@H](NC(=O)OC(C)(C)C)C(=O)N2Cc1ccc(OC2CCCC2)cc1.CP.[HH]. The van der Waals surface area contributed by atoms with E-state index < -0.39 is 45.7 Å². The lowest BCUT2D eigenvalue weighted by molar-refractivity contribution is -0.120. The number of hydrogen-bond donors (Lipinski definition) is 1. The van der Waals surface area contributed by atoms with Gasteiger partial charge in [0.2, 0.25) is 0 Å². The molecule has 260 valence electrons. The Morgan fingerprint density at radius 1 is 1.13 bits per heavy atom. The molecule has 47 heavy (non-hydrogen) atoms. The summed E-state index contributed by atoms with van der Waals surface area (Å²) >= 11 is 0. The van der Waals surface area contributed by atoms with Crippen LogP contribution in [0.15, 0.2) is 52.9 Å². The van der Waals surface area contributed by atoms with Crippen molar-refractivity contribution >= 4 is 49.4 Å². The first-order chi connectivity index (χ1) is 22.1. The van der Waals surface area contributed by atoms with Gasteiger partial charge in [0.25, 0.3) is 5.91 Å². The van der Waals surface area contributed by atoms with Crippen LogP contribution < -0.4 is 15.0 Å². The zero-order chi connectivity index (χ0) is 35.1. The average Bonchev–Trinajstić information content (AvgIpc) is 3.48. The Bertz CT molecular complexity index is 1500. The fourth-order valence-corrected chi connectivity index (χ4v) is 6.59. The van der Waals surface area contributed by atoms with E-state index in [2.05, 4.69) is 26.1 Å². The Morgan fingerprint density at radius 2 is 1.74 bits per heavy atom. The van der Waals surface area contributed by atoms with Crippen molar-refractivity contribution in [2.45, 2.75) is 96.4 Å². The Balaban J connectivity index is 0.00000262. The number of aliphatic imine (C=N–C) groups is 1. The number of amides is 2. The summed E-state index contributed by atoms with van der Waals surface area (Å²) in [6, 6.07) is 8.80. The van der Waals surface area contributed by atoms with Gasteiger partial charge in [-0.3, -0.25) is 14.0 Å². The van der Waals surface area contributed by atoms with Gasteiger partial charge in [0.05, 0.1) is 45.3 Å². The van der Waals surface area contributed by atoms with Crippen molar-refractivity contribution in [2.75, 3.05) is 24.4 Å². The summed E-state index contributed by atoms with van der Waals surface area (Å²) in [5, 5.41) is 2.58. The number of alkyl carbamates (subject to hydrolysis) is 1. The van der Waals surface area contributed by atoms with Crippen LogP contribution in [0.5, 0.6) is 5.75 Å². The summed E-state index contributed by atoms with van der Waals surface area (Å²) in [4.78, 5) is 32.5. The smallest absolute Gasteiger partial charge is 0.408 e. The molecule has 2 unspecified atom stereocenters. The van der Waals surface area contributed by atoms with Gasteiger partial charge in [-0.2, -0.15) is 0 Å². The summed E-state index contributed by atoms with van der Waals surface area (Å²) < 4.78 is 46.6. The van der Waals surface area contributed by atoms with Gasteiger partial charge in [-0.1, -0.05) is 46.1 Å². The number of halogens is 1. The summed E-state index contributed by atoms with van der Waals surface area (Å²) in [5.74, 6) is -0.415. The van der Waals surface area contributed by atoms with Gasteiger partial charge in [0, 0.05) is 13.9 Å². The number of hydrogen-bond acceptors (Lipinski definition) is 7. The van der Waals surface area contributed by atoms with Gasteiger partial charge in [0.1, 0.15) is 29.0 Å². The zero-order valence-electron chi connectivity index (χ0n) is 28.8. The number of anilines is 1. The summed E-state index contributed by atoms with van der Waals surface area (Å²) in [7, 11) is 2.14. The maximum Gasteiger partial charge on any atom is 0.408 e. The maximum absolute atomic E-state index is 15.6. The van der Waals surface area contributed by atoms with Crippen LogP contribution in [0, 0.1) is 11.2 Å². The van der Waals surface area contributed by atoms with Crippen molar-refractivity contribution < 1.29 is 33.8 Å². The van der Waals surface area contributed by atoms with Crippen LogP contribution in [0.25, 0.3) is 5.76 Å². The first-order valence-corrected chi connectivity index (χ1v) is 18.2. The molecule has 0 saturated heterocycles. The van der Waals surface area contributed by atoms with Gasteiger partial charge < -0.3 is 24.4 Å². The fraction of sp³-hybridized carbons (Fsp3) is 0.514. The van der Waals surface area contributed by atoms with E-state index in [1.54, 1.807) is 27.8 Å². The van der Waals surface area contributed by atoms with Crippen LogP contribution in [-0.2, 0) is 31.6 Å². The molecule has 1 N–H and O–H groups in total. The maximum atomic E-state index is 15.6. The highest BCUT2D eigenvalue weighted by molar-refractivity contribution is 7.85. The van der Waals surface area contributed by atoms with Crippen molar-refractivity contribution in [3.63, 3.8) is 0 Å². The molecule has 1 heterocycles. The van der Waals surface area contributed by atoms with Crippen LogP contribution in [0.4, 0.5) is 14.9 Å². The molecule has 3 atom stereocenters. The van der Waals surface area contributed by atoms with Crippen LogP contribution >= 0.6 is 9.24 Å². The monoisotopic (exact) mass is 691 g/mol. The topological polar surface area (TPSA) is 107 Å². The molecule has 0 radical (unpaired) electrons. The highest BCUT2D eigenvalue weighted by Crippen LogP contribution is 2.36. The molecule has 2 aromatic rings. The molecular formula is C35H51FN3O6PS. The number of carbonyl (C=O) groups is 2. The Kier molecular flexibility index (Phi) is 13.2. The second-order valence-electron chi connectivity index (χ2n) is 13.4. The summed E-state index contributed by atoms with van der Waals surface area (Å²) in [6.45, 7) is 16.7. The highest BCUT2D eigenvalue weighted by atomic mass is 32.2. The molecule has 9 nitrogen and oxygen atoms in total. The first-order valence-electron chi connectivity index (χ1n) is 15.8. The predicted molar refractivity (Wildman–Crippen MR) is 192 cm³/mol. The fourth-order valence-electron chi connectivity index (χ4n) is 5.25. The first kappa shape index (κ1) is 38.2. The number of benzene rings is 2. The molecule has 1 fully saturated rings. The average molecular weight is 692 g/mol. The van der Waals surface area contributed by atoms with E-state index in [9.17, 15) is 13.8 Å². The van der Waals surface area contributed by atoms with E-state index in [4.69, 9.17) is 14.2 Å². The number of fused-ring (bicyclic) bond motifs is 1. The molecule has 1 saturated carbocycles. The summed E-state index contributed by atoms with van der Waals surface area (Å²) in [6.07, 6.45) is 3.74. The Labute approximate surface area is 284 Å². The minimum absolute atomic E-state index is 0. The molecular weight excluding hydrogens is 640 g/mol. The van der Waals surface area contributed by atoms with Crippen molar-refractivity contribution in [3.05, 3.63) is 59.9 Å². The molecule has 2 amide bonds. The zero-order valence-corrected chi connectivity index (χ0v) is 30.7. The lowest BCUT2D eigenvalue weighted by atomic mass is 9.96. The van der Waals surface area contributed by atoms with E-state index in [0.717, 1.165) is 43.1 Å². The standard InChI is InChI=1S/C34H44FN3O6S.CH5P.H2/c1-21(42-31(36-8)33(2,3)4)25-17-28-29(18-26(25)35)45(41)20-27(37-32(40)44-34(5,6)7)30(39)38(28)19-22-13-15-24(16-14-22)43-23-11-9-10-12-23;1-2;/h13-18,23,27H,1,9-12,19-20H2,2-8H3,(H,37,40);2H2,1H3;1H/t27-,45?;;/m0../s1. The van der Waals surface area contributed by atoms with Gasteiger partial charge in [0.15, 0.2) is 5.90 Å². The van der Waals surface area contributed by atoms with E-state index in [-0.39, 0.29) is 41.7 Å². The normalized spacial score (nSPS) is 18.8. The number of rotatable bonds is 7. The molecule has 1 aliphatic heterocycles. The van der Waals surface area contributed by atoms with Gasteiger partial charge in [-0.25, -0.2) is 9.18 Å². The third kappa shape index (κ3) is 10.3. The van der Waals surface area contributed by atoms with E-state index >= 15 is 4.39 Å². The number of nitrogens with one attached hydrogen (secondary N) is 1. The number of ether oxygens (including phenoxy) is 3. The molecule has 12 heteroatoms. The quantitative estimate of drug-likeness (QED) is 0.140. The molecule has 0 aromatic heterocycles. The van der Waals surface area contributed by atoms with Crippen molar-refractivity contribution in [2.24, 2.45) is 10.4 Å². The third-order valence-corrected chi connectivity index (χ3v) is 8.85. The largest absolute Gasteiger partial charge is 0.490 e. The van der Waals surface area contributed by atoms with Crippen LogP contribution in [0.1, 0.15) is 79.8 Å². The van der Waals surface area contributed by atoms with Crippen molar-refractivity contribution in [1.29, 1.82) is 0 Å². The highest BCUT2D eigenvalue weighted by Gasteiger charge is 2.37. The predicted octanol–water partition coefficient (Wildman–Crippen LogP) is 7.49. The van der Waals surface area contributed by atoms with Gasteiger partial charge >= 0.3 is 6.09 Å². The van der Waals surface area contributed by atoms with Gasteiger partial charge in [-0.05, 0) is 76.3 Å². The minimum atomic E-state index is -1.85. The summed E-state index contributed by atoms with van der Waals surface area (Å²) in [5.41, 5.74) is -0.310. The van der Waals surface area contributed by atoms with Gasteiger partial charge in [-0.15, -0.1) is 9.24 Å². The molecule has 0 spiro atoms. The molecule has 2 aromatic carbocycles. The lowest BCUT2D eigenvalue weighted by Crippen LogP contribution is -2.51. The molecule has 4 rings (SSSR count). The van der Waals surface area contributed by atoms with Crippen LogP contribution in [0.2, 0.25) is 0 Å². The van der Waals surface area contributed by atoms with Crippen LogP contribution in [0.3, 0.4) is 0 Å². The Hall–Kier alpha value is -3.30. The third-order valence-electron chi connectivity index (χ3n) is 7.39. The number of nitrogens with zero attached hydrogens (tertiary/aromatic N) is 2. The van der Waals surface area contributed by atoms with E-state index in [1.807, 2.05) is 51.7 Å². The van der Waals surface area contributed by atoms with Crippen molar-refractivity contribution in [3.8, 4) is 5.75 Å².